The van der Waals surface area contributed by atoms with Crippen LogP contribution >= 0.6 is 0 Å². The van der Waals surface area contributed by atoms with Gasteiger partial charge in [-0.3, -0.25) is 0 Å². The van der Waals surface area contributed by atoms with Crippen LogP contribution in [0.1, 0.15) is 0 Å². The predicted octanol–water partition coefficient (Wildman–Crippen LogP) is 10.3. The second kappa shape index (κ2) is 11.3. The molecule has 2 aliphatic heterocycles. The van der Waals surface area contributed by atoms with E-state index in [0.29, 0.717) is 45.0 Å². The molecule has 0 saturated heterocycles. The van der Waals surface area contributed by atoms with Gasteiger partial charge in [-0.2, -0.15) is 0 Å². The van der Waals surface area contributed by atoms with Crippen molar-refractivity contribution in [1.29, 1.82) is 0 Å². The molecule has 9 rings (SSSR count). The van der Waals surface area contributed by atoms with Crippen molar-refractivity contribution in [3.8, 4) is 22.3 Å². The molecule has 0 fully saturated rings. The van der Waals surface area contributed by atoms with Gasteiger partial charge in [-0.1, -0.05) is 121 Å². The van der Waals surface area contributed by atoms with Crippen LogP contribution in [0.3, 0.4) is 0 Å². The highest BCUT2D eigenvalue weighted by atomic mass is 32.2. The molecule has 242 valence electrons. The first-order valence-corrected chi connectivity index (χ1v) is 19.1. The van der Waals surface area contributed by atoms with Crippen LogP contribution in [0.4, 0.5) is 34.1 Å². The number of para-hydroxylation sites is 4. The van der Waals surface area contributed by atoms with Crippen LogP contribution in [0.5, 0.6) is 0 Å². The van der Waals surface area contributed by atoms with E-state index in [1.54, 1.807) is 47.4 Å². The van der Waals surface area contributed by atoms with Crippen LogP contribution < -0.4 is 9.80 Å². The fraction of sp³-hybridized carbons (Fsp3) is 0. The Kier molecular flexibility index (Phi) is 6.81. The lowest BCUT2D eigenvalue weighted by atomic mass is 9.90. The van der Waals surface area contributed by atoms with Crippen LogP contribution in [0.25, 0.3) is 22.3 Å². The van der Waals surface area contributed by atoms with Crippen LogP contribution in [0.2, 0.25) is 0 Å². The molecule has 0 saturated carbocycles. The first-order valence-electron chi connectivity index (χ1n) is 16.1. The summed E-state index contributed by atoms with van der Waals surface area (Å²) in [7, 11) is -8.67. The fourth-order valence-corrected chi connectivity index (χ4v) is 11.0. The average Bonchev–Trinajstić information content (AvgIpc) is 3.16. The summed E-state index contributed by atoms with van der Waals surface area (Å²) in [6.07, 6.45) is 0. The lowest BCUT2D eigenvalue weighted by Gasteiger charge is -2.42. The van der Waals surface area contributed by atoms with E-state index < -0.39 is 19.7 Å². The molecule has 7 aromatic carbocycles. The van der Waals surface area contributed by atoms with Crippen LogP contribution in [-0.4, -0.2) is 16.8 Å². The summed E-state index contributed by atoms with van der Waals surface area (Å²) in [6, 6.07) is 51.6. The molecule has 7 aromatic rings. The first kappa shape index (κ1) is 30.1. The highest BCUT2D eigenvalue weighted by molar-refractivity contribution is 7.93. The van der Waals surface area contributed by atoms with Crippen molar-refractivity contribution in [2.75, 3.05) is 9.80 Å². The van der Waals surface area contributed by atoms with Crippen molar-refractivity contribution in [3.63, 3.8) is 0 Å². The van der Waals surface area contributed by atoms with E-state index in [4.69, 9.17) is 0 Å². The topological polar surface area (TPSA) is 74.8 Å². The van der Waals surface area contributed by atoms with Gasteiger partial charge >= 0.3 is 0 Å². The summed E-state index contributed by atoms with van der Waals surface area (Å²) < 4.78 is 61.5. The van der Waals surface area contributed by atoms with Crippen molar-refractivity contribution in [2.24, 2.45) is 0 Å². The highest BCUT2D eigenvalue weighted by Crippen LogP contribution is 2.63. The zero-order valence-corrected chi connectivity index (χ0v) is 28.1. The number of nitrogens with zero attached hydrogens (tertiary/aromatic N) is 2. The Bertz CT molecular complexity index is 2670. The van der Waals surface area contributed by atoms with Crippen molar-refractivity contribution in [1.82, 2.24) is 0 Å². The van der Waals surface area contributed by atoms with E-state index in [0.717, 1.165) is 5.69 Å². The Morgan fingerprint density at radius 1 is 0.340 bits per heavy atom. The molecule has 0 radical (unpaired) electrons. The molecular weight excluding hydrogens is 661 g/mol. The third kappa shape index (κ3) is 4.32. The molecule has 0 amide bonds. The SMILES string of the molecule is O=S1(=O)c2ccccc2N(c2ccccc2)c2c1c(-c1ccccc1)c(-c1ccccc1)c1c2S(=O)(=O)c2ccccc2N1c1ccccc1. The second-order valence-corrected chi connectivity index (χ2v) is 15.8. The molecule has 0 spiro atoms. The van der Waals surface area contributed by atoms with Gasteiger partial charge < -0.3 is 9.80 Å². The minimum absolute atomic E-state index is 0.0557. The maximum atomic E-state index is 15.4. The molecule has 0 N–H and O–H groups in total. The Morgan fingerprint density at radius 2 is 0.700 bits per heavy atom. The Labute approximate surface area is 291 Å². The average molecular weight is 689 g/mol. The molecule has 6 nitrogen and oxygen atoms in total. The summed E-state index contributed by atoms with van der Waals surface area (Å²) in [5.41, 5.74) is 4.95. The molecule has 8 heteroatoms. The summed E-state index contributed by atoms with van der Waals surface area (Å²) in [5.74, 6) is 0. The second-order valence-electron chi connectivity index (χ2n) is 12.1. The minimum atomic E-state index is -4.35. The molecule has 0 aliphatic carbocycles. The van der Waals surface area contributed by atoms with Gasteiger partial charge in [0.15, 0.2) is 0 Å². The monoisotopic (exact) mass is 688 g/mol. The zero-order chi connectivity index (χ0) is 34.0. The first-order chi connectivity index (χ1) is 24.4. The van der Waals surface area contributed by atoms with Gasteiger partial charge in [0.25, 0.3) is 0 Å². The summed E-state index contributed by atoms with van der Waals surface area (Å²) in [4.78, 5) is 3.84. The Hall–Kier alpha value is -5.96. The van der Waals surface area contributed by atoms with E-state index in [1.807, 2.05) is 132 Å². The van der Waals surface area contributed by atoms with Gasteiger partial charge in [0, 0.05) is 22.5 Å². The molecule has 0 bridgehead atoms. The van der Waals surface area contributed by atoms with Gasteiger partial charge in [0.05, 0.1) is 32.5 Å². The number of anilines is 6. The molecule has 2 heterocycles. The lowest BCUT2D eigenvalue weighted by Crippen LogP contribution is -2.30. The van der Waals surface area contributed by atoms with E-state index in [-0.39, 0.29) is 25.3 Å². The Balaban J connectivity index is 1.61. The number of sulfone groups is 2. The largest absolute Gasteiger partial charge is 0.307 e. The van der Waals surface area contributed by atoms with E-state index >= 15 is 16.8 Å². The standard InChI is InChI=1S/C42H28N2O4S2/c45-49(46)35-27-15-14-26-34(35)44(32-23-11-4-12-24-32)40-41(49)38(30-19-7-2-8-20-30)37(29-17-5-1-6-18-29)39-42(40)50(47,48)36-28-16-13-25-33(36)43(39)31-21-9-3-10-22-31/h1-28H. The predicted molar refractivity (Wildman–Crippen MR) is 198 cm³/mol. The van der Waals surface area contributed by atoms with E-state index in [2.05, 4.69) is 0 Å². The highest BCUT2D eigenvalue weighted by Gasteiger charge is 2.48. The van der Waals surface area contributed by atoms with Gasteiger partial charge in [-0.15, -0.1) is 0 Å². The normalized spacial score (nSPS) is 15.0. The lowest BCUT2D eigenvalue weighted by molar-refractivity contribution is 0.592. The quantitative estimate of drug-likeness (QED) is 0.183. The van der Waals surface area contributed by atoms with Gasteiger partial charge in [-0.05, 0) is 59.7 Å². The molecule has 0 aromatic heterocycles. The van der Waals surface area contributed by atoms with Crippen LogP contribution in [0, 0.1) is 0 Å². The van der Waals surface area contributed by atoms with Crippen LogP contribution in [-0.2, 0) is 19.7 Å². The molecule has 2 aliphatic rings. The molecular formula is C42H28N2O4S2. The molecule has 0 unspecified atom stereocenters. The maximum absolute atomic E-state index is 15.4. The van der Waals surface area contributed by atoms with Crippen LogP contribution in [0.15, 0.2) is 189 Å². The third-order valence-electron chi connectivity index (χ3n) is 9.29. The fourth-order valence-electron chi connectivity index (χ4n) is 7.27. The van der Waals surface area contributed by atoms with Gasteiger partial charge in [-0.25, -0.2) is 16.8 Å². The number of benzene rings is 7. The van der Waals surface area contributed by atoms with Crippen molar-refractivity contribution in [2.45, 2.75) is 19.6 Å². The summed E-state index contributed by atoms with van der Waals surface area (Å²) >= 11 is 0. The van der Waals surface area contributed by atoms with Gasteiger partial charge in [0.1, 0.15) is 9.79 Å². The van der Waals surface area contributed by atoms with Crippen molar-refractivity contribution in [3.05, 3.63) is 170 Å². The van der Waals surface area contributed by atoms with E-state index in [9.17, 15) is 0 Å². The minimum Gasteiger partial charge on any atom is -0.307 e. The zero-order valence-electron chi connectivity index (χ0n) is 26.5. The molecule has 50 heavy (non-hydrogen) atoms. The van der Waals surface area contributed by atoms with Crippen molar-refractivity contribution < 1.29 is 16.8 Å². The number of hydrogen-bond acceptors (Lipinski definition) is 6. The third-order valence-corrected chi connectivity index (χ3v) is 13.0. The molecule has 0 atom stereocenters. The smallest absolute Gasteiger partial charge is 0.212 e. The maximum Gasteiger partial charge on any atom is 0.212 e. The number of rotatable bonds is 4. The van der Waals surface area contributed by atoms with Gasteiger partial charge in [0.2, 0.25) is 19.7 Å². The summed E-state index contributed by atoms with van der Waals surface area (Å²) in [6.45, 7) is 0. The van der Waals surface area contributed by atoms with E-state index in [1.165, 1.54) is 0 Å². The summed E-state index contributed by atoms with van der Waals surface area (Å²) in [5, 5.41) is 0. The number of fused-ring (bicyclic) bond motifs is 5. The number of hydrogen-bond donors (Lipinski definition) is 0. The van der Waals surface area contributed by atoms with Crippen molar-refractivity contribution >= 4 is 53.8 Å². The Morgan fingerprint density at radius 3 is 1.18 bits per heavy atom.